The molecule has 0 heterocycles. The molecule has 0 saturated heterocycles. The molecular formula is C10H14ClFN2O2S. The molecule has 0 fully saturated rings. The normalized spacial score (nSPS) is 13.6. The fraction of sp³-hybridized carbons (Fsp3) is 0.400. The van der Waals surface area contributed by atoms with Crippen LogP contribution in [0.5, 0.6) is 0 Å². The lowest BCUT2D eigenvalue weighted by Gasteiger charge is -2.13. The van der Waals surface area contributed by atoms with E-state index in [2.05, 4.69) is 10.0 Å². The highest BCUT2D eigenvalue weighted by molar-refractivity contribution is 7.89. The Morgan fingerprint density at radius 3 is 2.65 bits per heavy atom. The van der Waals surface area contributed by atoms with Crippen LogP contribution >= 0.6 is 11.6 Å². The standard InChI is InChI=1S/C10H14ClFN2O2S/c1-7(13-2)6-14-17(15,16)10-8(11)4-3-5-9(10)12/h3-5,7,13-14H,6H2,1-2H3. The number of sulfonamides is 1. The highest BCUT2D eigenvalue weighted by Gasteiger charge is 2.22. The molecule has 1 aromatic carbocycles. The van der Waals surface area contributed by atoms with Gasteiger partial charge in [-0.15, -0.1) is 0 Å². The summed E-state index contributed by atoms with van der Waals surface area (Å²) in [6, 6.07) is 3.69. The highest BCUT2D eigenvalue weighted by Crippen LogP contribution is 2.23. The molecule has 0 aliphatic rings. The summed E-state index contributed by atoms with van der Waals surface area (Å²) in [4.78, 5) is -0.509. The van der Waals surface area contributed by atoms with Crippen LogP contribution in [0.15, 0.2) is 23.1 Å². The molecule has 4 nitrogen and oxygen atoms in total. The van der Waals surface area contributed by atoms with Gasteiger partial charge in [0.2, 0.25) is 10.0 Å². The third kappa shape index (κ3) is 3.64. The molecule has 17 heavy (non-hydrogen) atoms. The van der Waals surface area contributed by atoms with Crippen molar-refractivity contribution in [2.24, 2.45) is 0 Å². The van der Waals surface area contributed by atoms with Crippen LogP contribution in [-0.4, -0.2) is 28.1 Å². The lowest BCUT2D eigenvalue weighted by molar-refractivity contribution is 0.540. The van der Waals surface area contributed by atoms with Crippen molar-refractivity contribution in [1.82, 2.24) is 10.0 Å². The van der Waals surface area contributed by atoms with E-state index in [0.717, 1.165) is 6.07 Å². The van der Waals surface area contributed by atoms with E-state index in [1.165, 1.54) is 12.1 Å². The van der Waals surface area contributed by atoms with Gasteiger partial charge in [-0.2, -0.15) is 0 Å². The summed E-state index contributed by atoms with van der Waals surface area (Å²) in [5.41, 5.74) is 0. The number of benzene rings is 1. The number of likely N-dealkylation sites (N-methyl/N-ethyl adjacent to an activating group) is 1. The van der Waals surface area contributed by atoms with E-state index in [0.29, 0.717) is 0 Å². The average Bonchev–Trinajstić information content (AvgIpc) is 2.25. The number of halogens is 2. The second-order valence-corrected chi connectivity index (χ2v) is 5.70. The number of hydrogen-bond donors (Lipinski definition) is 2. The van der Waals surface area contributed by atoms with Crippen molar-refractivity contribution >= 4 is 21.6 Å². The van der Waals surface area contributed by atoms with Gasteiger partial charge in [0.25, 0.3) is 0 Å². The van der Waals surface area contributed by atoms with Crippen molar-refractivity contribution in [3.63, 3.8) is 0 Å². The summed E-state index contributed by atoms with van der Waals surface area (Å²) in [5, 5.41) is 2.73. The Morgan fingerprint density at radius 1 is 1.47 bits per heavy atom. The third-order valence-corrected chi connectivity index (χ3v) is 4.19. The van der Waals surface area contributed by atoms with Crippen molar-refractivity contribution in [2.75, 3.05) is 13.6 Å². The molecule has 0 bridgehead atoms. The summed E-state index contributed by atoms with van der Waals surface area (Å²) < 4.78 is 39.4. The second kappa shape index (κ2) is 5.77. The Morgan fingerprint density at radius 2 is 2.12 bits per heavy atom. The van der Waals surface area contributed by atoms with E-state index in [-0.39, 0.29) is 17.6 Å². The van der Waals surface area contributed by atoms with Gasteiger partial charge in [0.1, 0.15) is 10.7 Å². The molecule has 1 rings (SSSR count). The molecule has 7 heteroatoms. The zero-order chi connectivity index (χ0) is 13.1. The molecule has 0 aliphatic heterocycles. The summed E-state index contributed by atoms with van der Waals surface area (Å²) in [6.07, 6.45) is 0. The summed E-state index contributed by atoms with van der Waals surface area (Å²) >= 11 is 5.69. The smallest absolute Gasteiger partial charge is 0.245 e. The summed E-state index contributed by atoms with van der Waals surface area (Å²) in [5.74, 6) is -0.859. The quantitative estimate of drug-likeness (QED) is 0.856. The van der Waals surface area contributed by atoms with Crippen molar-refractivity contribution < 1.29 is 12.8 Å². The van der Waals surface area contributed by atoms with Crippen LogP contribution in [-0.2, 0) is 10.0 Å². The molecule has 0 saturated carbocycles. The molecule has 0 aliphatic carbocycles. The van der Waals surface area contributed by atoms with Gasteiger partial charge in [0, 0.05) is 12.6 Å². The van der Waals surface area contributed by atoms with E-state index >= 15 is 0 Å². The monoisotopic (exact) mass is 280 g/mol. The van der Waals surface area contributed by atoms with E-state index in [1.807, 2.05) is 0 Å². The van der Waals surface area contributed by atoms with Crippen LogP contribution in [0.4, 0.5) is 4.39 Å². The Labute approximate surface area is 105 Å². The van der Waals surface area contributed by atoms with Gasteiger partial charge in [-0.1, -0.05) is 17.7 Å². The molecule has 1 aromatic rings. The lowest BCUT2D eigenvalue weighted by atomic mass is 10.3. The fourth-order valence-electron chi connectivity index (χ4n) is 1.15. The van der Waals surface area contributed by atoms with Crippen LogP contribution in [0.2, 0.25) is 5.02 Å². The number of hydrogen-bond acceptors (Lipinski definition) is 3. The van der Waals surface area contributed by atoms with Gasteiger partial charge in [-0.05, 0) is 26.1 Å². The average molecular weight is 281 g/mol. The lowest BCUT2D eigenvalue weighted by Crippen LogP contribution is -2.37. The van der Waals surface area contributed by atoms with Crippen LogP contribution in [0.25, 0.3) is 0 Å². The highest BCUT2D eigenvalue weighted by atomic mass is 35.5. The van der Waals surface area contributed by atoms with E-state index in [4.69, 9.17) is 11.6 Å². The van der Waals surface area contributed by atoms with Gasteiger partial charge in [-0.3, -0.25) is 0 Å². The van der Waals surface area contributed by atoms with E-state index in [9.17, 15) is 12.8 Å². The molecule has 2 N–H and O–H groups in total. The maximum Gasteiger partial charge on any atom is 0.245 e. The van der Waals surface area contributed by atoms with E-state index in [1.54, 1.807) is 14.0 Å². The summed E-state index contributed by atoms with van der Waals surface area (Å²) in [6.45, 7) is 1.95. The number of rotatable bonds is 5. The Kier molecular flexibility index (Phi) is 4.88. The molecule has 1 atom stereocenters. The van der Waals surface area contributed by atoms with Crippen molar-refractivity contribution in [3.05, 3.63) is 29.0 Å². The first kappa shape index (κ1) is 14.4. The zero-order valence-electron chi connectivity index (χ0n) is 9.50. The Balaban J connectivity index is 2.98. The Bertz CT molecular complexity index is 473. The SMILES string of the molecule is CNC(C)CNS(=O)(=O)c1c(F)cccc1Cl. The fourth-order valence-corrected chi connectivity index (χ4v) is 2.88. The molecule has 0 aromatic heterocycles. The van der Waals surface area contributed by atoms with E-state index < -0.39 is 20.7 Å². The number of nitrogens with one attached hydrogen (secondary N) is 2. The molecule has 0 amide bonds. The largest absolute Gasteiger partial charge is 0.316 e. The van der Waals surface area contributed by atoms with Crippen LogP contribution in [0, 0.1) is 5.82 Å². The first-order chi connectivity index (χ1) is 7.88. The van der Waals surface area contributed by atoms with Gasteiger partial charge in [0.15, 0.2) is 0 Å². The van der Waals surface area contributed by atoms with Crippen molar-refractivity contribution in [2.45, 2.75) is 17.9 Å². The van der Waals surface area contributed by atoms with Gasteiger partial charge in [0.05, 0.1) is 5.02 Å². The first-order valence-corrected chi connectivity index (χ1v) is 6.85. The predicted octanol–water partition coefficient (Wildman–Crippen LogP) is 1.37. The Hall–Kier alpha value is -0.690. The van der Waals surface area contributed by atoms with Crippen molar-refractivity contribution in [1.29, 1.82) is 0 Å². The third-order valence-electron chi connectivity index (χ3n) is 2.26. The minimum Gasteiger partial charge on any atom is -0.316 e. The maximum atomic E-state index is 13.4. The molecule has 0 spiro atoms. The van der Waals surface area contributed by atoms with Crippen LogP contribution < -0.4 is 10.0 Å². The van der Waals surface area contributed by atoms with Crippen molar-refractivity contribution in [3.8, 4) is 0 Å². The second-order valence-electron chi connectivity index (χ2n) is 3.59. The van der Waals surface area contributed by atoms with Crippen LogP contribution in [0.3, 0.4) is 0 Å². The first-order valence-electron chi connectivity index (χ1n) is 4.99. The molecule has 96 valence electrons. The van der Waals surface area contributed by atoms with Gasteiger partial charge < -0.3 is 5.32 Å². The van der Waals surface area contributed by atoms with Gasteiger partial charge in [-0.25, -0.2) is 17.5 Å². The molecular weight excluding hydrogens is 267 g/mol. The topological polar surface area (TPSA) is 58.2 Å². The minimum atomic E-state index is -3.92. The molecule has 1 unspecified atom stereocenters. The summed E-state index contributed by atoms with van der Waals surface area (Å²) in [7, 11) is -2.22. The predicted molar refractivity (Wildman–Crippen MR) is 65.1 cm³/mol. The molecule has 0 radical (unpaired) electrons. The van der Waals surface area contributed by atoms with Gasteiger partial charge >= 0.3 is 0 Å². The zero-order valence-corrected chi connectivity index (χ0v) is 11.1. The van der Waals surface area contributed by atoms with Crippen LogP contribution in [0.1, 0.15) is 6.92 Å². The minimum absolute atomic E-state index is 0.0599. The maximum absolute atomic E-state index is 13.4.